The summed E-state index contributed by atoms with van der Waals surface area (Å²) in [6.45, 7) is 4.73. The molecule has 0 bridgehead atoms. The first-order valence-electron chi connectivity index (χ1n) is 16.2. The SMILES string of the molecule is CC1(C)c2cc(-c3ccccc3-c3cccc4cccnc34)ccc2-c2ccc(-c3ccccc3-c3cccc4cccnc34)cc21. The maximum absolute atomic E-state index is 4.77. The Morgan fingerprint density at radius 3 is 1.23 bits per heavy atom. The van der Waals surface area contributed by atoms with Crippen LogP contribution < -0.4 is 0 Å². The third-order valence-electron chi connectivity index (χ3n) is 10.00. The second-order valence-corrected chi connectivity index (χ2v) is 13.0. The fourth-order valence-corrected chi connectivity index (χ4v) is 7.66. The van der Waals surface area contributed by atoms with Crippen LogP contribution in [0.4, 0.5) is 0 Å². The van der Waals surface area contributed by atoms with Crippen molar-refractivity contribution in [2.75, 3.05) is 0 Å². The van der Waals surface area contributed by atoms with Gasteiger partial charge in [0.25, 0.3) is 0 Å². The molecule has 2 heterocycles. The molecular weight excluding hydrogens is 569 g/mol. The number of nitrogens with zero attached hydrogens (tertiary/aromatic N) is 2. The van der Waals surface area contributed by atoms with Crippen LogP contribution in [0.5, 0.6) is 0 Å². The van der Waals surface area contributed by atoms with Crippen LogP contribution in [0.15, 0.2) is 158 Å². The number of para-hydroxylation sites is 2. The van der Waals surface area contributed by atoms with E-state index in [9.17, 15) is 0 Å². The molecule has 0 amide bonds. The van der Waals surface area contributed by atoms with E-state index in [1.165, 1.54) is 55.6 Å². The zero-order chi connectivity index (χ0) is 31.5. The summed E-state index contributed by atoms with van der Waals surface area (Å²) in [5, 5.41) is 2.30. The van der Waals surface area contributed by atoms with Crippen molar-refractivity contribution in [1.82, 2.24) is 9.97 Å². The lowest BCUT2D eigenvalue weighted by molar-refractivity contribution is 0.661. The molecule has 47 heavy (non-hydrogen) atoms. The molecule has 0 fully saturated rings. The quantitative estimate of drug-likeness (QED) is 0.201. The highest BCUT2D eigenvalue weighted by atomic mass is 14.7. The summed E-state index contributed by atoms with van der Waals surface area (Å²) in [5.74, 6) is 0. The number of hydrogen-bond donors (Lipinski definition) is 0. The van der Waals surface area contributed by atoms with Gasteiger partial charge in [-0.15, -0.1) is 0 Å². The maximum atomic E-state index is 4.77. The third kappa shape index (κ3) is 4.33. The number of pyridine rings is 2. The van der Waals surface area contributed by atoms with E-state index in [1.807, 2.05) is 24.5 Å². The topological polar surface area (TPSA) is 25.8 Å². The van der Waals surface area contributed by atoms with Gasteiger partial charge >= 0.3 is 0 Å². The summed E-state index contributed by atoms with van der Waals surface area (Å²) in [4.78, 5) is 9.54. The molecule has 2 nitrogen and oxygen atoms in total. The largest absolute Gasteiger partial charge is 0.256 e. The fourth-order valence-electron chi connectivity index (χ4n) is 7.66. The van der Waals surface area contributed by atoms with Gasteiger partial charge < -0.3 is 0 Å². The normalized spacial score (nSPS) is 13.1. The van der Waals surface area contributed by atoms with Crippen molar-refractivity contribution in [3.8, 4) is 55.6 Å². The van der Waals surface area contributed by atoms with E-state index >= 15 is 0 Å². The molecule has 2 aromatic heterocycles. The molecule has 0 unspecified atom stereocenters. The van der Waals surface area contributed by atoms with Crippen LogP contribution in [0.1, 0.15) is 25.0 Å². The molecule has 0 aliphatic heterocycles. The molecule has 0 saturated heterocycles. The van der Waals surface area contributed by atoms with E-state index in [4.69, 9.17) is 9.97 Å². The number of benzene rings is 6. The van der Waals surface area contributed by atoms with Crippen LogP contribution in [0.2, 0.25) is 0 Å². The smallest absolute Gasteiger partial charge is 0.0780 e. The van der Waals surface area contributed by atoms with Crippen LogP contribution in [0.25, 0.3) is 77.4 Å². The Hall–Kier alpha value is -5.86. The van der Waals surface area contributed by atoms with Crippen molar-refractivity contribution in [2.24, 2.45) is 0 Å². The Balaban J connectivity index is 1.15. The minimum atomic E-state index is -0.164. The summed E-state index contributed by atoms with van der Waals surface area (Å²) >= 11 is 0. The van der Waals surface area contributed by atoms with Crippen molar-refractivity contribution in [3.05, 3.63) is 169 Å². The van der Waals surface area contributed by atoms with Crippen LogP contribution >= 0.6 is 0 Å². The molecule has 2 heteroatoms. The maximum Gasteiger partial charge on any atom is 0.0780 e. The Labute approximate surface area is 275 Å². The van der Waals surface area contributed by atoms with Gasteiger partial charge in [0.1, 0.15) is 0 Å². The lowest BCUT2D eigenvalue weighted by atomic mass is 9.80. The number of aromatic nitrogens is 2. The van der Waals surface area contributed by atoms with Gasteiger partial charge in [-0.25, -0.2) is 0 Å². The summed E-state index contributed by atoms with van der Waals surface area (Å²) in [6.07, 6.45) is 3.77. The molecule has 9 rings (SSSR count). The third-order valence-corrected chi connectivity index (χ3v) is 10.00. The van der Waals surface area contributed by atoms with E-state index in [0.717, 1.165) is 32.9 Å². The molecule has 1 aliphatic rings. The van der Waals surface area contributed by atoms with Gasteiger partial charge in [0.15, 0.2) is 0 Å². The second-order valence-electron chi connectivity index (χ2n) is 13.0. The molecule has 0 radical (unpaired) electrons. The molecule has 8 aromatic rings. The standard InChI is InChI=1S/C45H32N2/c1-45(2)41-27-31(33-15-3-5-17-35(33)39-19-7-11-29-13-9-25-46-43(29)39)21-23-37(41)38-24-22-32(28-42(38)45)34-16-4-6-18-36(34)40-20-8-12-30-14-10-26-47-44(30)40/h3-28H,1-2H3. The monoisotopic (exact) mass is 600 g/mol. The first kappa shape index (κ1) is 27.5. The Morgan fingerprint density at radius 2 is 0.766 bits per heavy atom. The lowest BCUT2D eigenvalue weighted by Crippen LogP contribution is -2.15. The van der Waals surface area contributed by atoms with Crippen LogP contribution in [-0.4, -0.2) is 9.97 Å². The van der Waals surface area contributed by atoms with Gasteiger partial charge in [-0.1, -0.05) is 135 Å². The summed E-state index contributed by atoms with van der Waals surface area (Å²) < 4.78 is 0. The number of fused-ring (bicyclic) bond motifs is 5. The zero-order valence-corrected chi connectivity index (χ0v) is 26.4. The average molecular weight is 601 g/mol. The minimum absolute atomic E-state index is 0.164. The van der Waals surface area contributed by atoms with E-state index in [-0.39, 0.29) is 5.41 Å². The molecule has 0 spiro atoms. The molecule has 222 valence electrons. The van der Waals surface area contributed by atoms with Gasteiger partial charge in [-0.05, 0) is 79.9 Å². The van der Waals surface area contributed by atoms with E-state index in [2.05, 4.69) is 147 Å². The zero-order valence-electron chi connectivity index (χ0n) is 26.4. The first-order chi connectivity index (χ1) is 23.1. The van der Waals surface area contributed by atoms with E-state index < -0.39 is 0 Å². The Kier molecular flexibility index (Phi) is 6.20. The highest BCUT2D eigenvalue weighted by molar-refractivity contribution is 6.00. The van der Waals surface area contributed by atoms with Gasteiger partial charge in [0.2, 0.25) is 0 Å². The van der Waals surface area contributed by atoms with Crippen LogP contribution in [0.3, 0.4) is 0 Å². The second kappa shape index (κ2) is 10.6. The average Bonchev–Trinajstić information content (AvgIpc) is 3.36. The van der Waals surface area contributed by atoms with E-state index in [1.54, 1.807) is 0 Å². The highest BCUT2D eigenvalue weighted by Gasteiger charge is 2.36. The van der Waals surface area contributed by atoms with Crippen LogP contribution in [0, 0.1) is 0 Å². The molecular formula is C45H32N2. The summed E-state index contributed by atoms with van der Waals surface area (Å²) in [5.41, 5.74) is 16.9. The van der Waals surface area contributed by atoms with Crippen LogP contribution in [-0.2, 0) is 5.41 Å². The number of hydrogen-bond acceptors (Lipinski definition) is 2. The minimum Gasteiger partial charge on any atom is -0.256 e. The van der Waals surface area contributed by atoms with Gasteiger partial charge in [0.05, 0.1) is 11.0 Å². The molecule has 1 aliphatic carbocycles. The molecule has 0 saturated carbocycles. The van der Waals surface area contributed by atoms with Gasteiger partial charge in [-0.3, -0.25) is 9.97 Å². The highest BCUT2D eigenvalue weighted by Crippen LogP contribution is 2.51. The summed E-state index contributed by atoms with van der Waals surface area (Å²) in [7, 11) is 0. The first-order valence-corrected chi connectivity index (χ1v) is 16.2. The van der Waals surface area contributed by atoms with Gasteiger partial charge in [0, 0.05) is 39.7 Å². The van der Waals surface area contributed by atoms with Crippen molar-refractivity contribution in [1.29, 1.82) is 0 Å². The summed E-state index contributed by atoms with van der Waals surface area (Å²) in [6, 6.07) is 52.7. The molecule has 0 N–H and O–H groups in total. The van der Waals surface area contributed by atoms with Crippen molar-refractivity contribution in [3.63, 3.8) is 0 Å². The van der Waals surface area contributed by atoms with Crippen molar-refractivity contribution < 1.29 is 0 Å². The number of rotatable bonds is 4. The molecule has 6 aromatic carbocycles. The predicted octanol–water partition coefficient (Wildman–Crippen LogP) is 11.8. The fraction of sp³-hybridized carbons (Fsp3) is 0.0667. The van der Waals surface area contributed by atoms with Crippen molar-refractivity contribution >= 4 is 21.8 Å². The Bertz CT molecular complexity index is 2320. The Morgan fingerprint density at radius 1 is 0.362 bits per heavy atom. The lowest BCUT2D eigenvalue weighted by Gasteiger charge is -2.23. The van der Waals surface area contributed by atoms with E-state index in [0.29, 0.717) is 0 Å². The van der Waals surface area contributed by atoms with Gasteiger partial charge in [-0.2, -0.15) is 0 Å². The predicted molar refractivity (Wildman–Crippen MR) is 196 cm³/mol. The van der Waals surface area contributed by atoms with Crippen molar-refractivity contribution in [2.45, 2.75) is 19.3 Å². The molecule has 0 atom stereocenters.